The molecular formula is C30H38N2O6. The fourth-order valence-electron chi connectivity index (χ4n) is 4.75. The molecule has 3 atom stereocenters. The lowest BCUT2D eigenvalue weighted by Crippen LogP contribution is -2.53. The van der Waals surface area contributed by atoms with E-state index < -0.39 is 35.8 Å². The van der Waals surface area contributed by atoms with Gasteiger partial charge in [0.2, 0.25) is 11.8 Å². The Morgan fingerprint density at radius 1 is 0.974 bits per heavy atom. The summed E-state index contributed by atoms with van der Waals surface area (Å²) in [4.78, 5) is 53.6. The van der Waals surface area contributed by atoms with Gasteiger partial charge in [-0.2, -0.15) is 0 Å². The second-order valence-electron chi connectivity index (χ2n) is 10.1. The molecule has 1 saturated heterocycles. The minimum Gasteiger partial charge on any atom is -0.467 e. The van der Waals surface area contributed by atoms with E-state index >= 15 is 0 Å². The second-order valence-corrected chi connectivity index (χ2v) is 10.1. The summed E-state index contributed by atoms with van der Waals surface area (Å²) in [6.07, 6.45) is 1.84. The van der Waals surface area contributed by atoms with Gasteiger partial charge >= 0.3 is 11.9 Å². The molecule has 1 aliphatic rings. The number of nitrogens with one attached hydrogen (secondary N) is 1. The van der Waals surface area contributed by atoms with E-state index in [2.05, 4.69) is 5.32 Å². The fourth-order valence-corrected chi connectivity index (χ4v) is 4.75. The number of likely N-dealkylation sites (tertiary alicyclic amines) is 1. The topological polar surface area (TPSA) is 102 Å². The number of ether oxygens (including phenoxy) is 2. The van der Waals surface area contributed by atoms with Gasteiger partial charge in [-0.05, 0) is 42.7 Å². The van der Waals surface area contributed by atoms with Crippen LogP contribution in [0.5, 0.6) is 0 Å². The maximum atomic E-state index is 13.6. The normalized spacial score (nSPS) is 16.5. The molecule has 1 aliphatic heterocycles. The number of hydrogen-bond donors (Lipinski definition) is 1. The molecule has 204 valence electrons. The molecule has 38 heavy (non-hydrogen) atoms. The van der Waals surface area contributed by atoms with Crippen molar-refractivity contribution in [2.45, 2.75) is 64.6 Å². The monoisotopic (exact) mass is 522 g/mol. The van der Waals surface area contributed by atoms with Crippen LogP contribution in [-0.4, -0.2) is 54.4 Å². The minimum absolute atomic E-state index is 0.117. The molecule has 8 heteroatoms. The first kappa shape index (κ1) is 28.9. The zero-order chi connectivity index (χ0) is 27.5. The Hall–Kier alpha value is -3.68. The number of nitrogens with zero attached hydrogens (tertiary/aromatic N) is 1. The van der Waals surface area contributed by atoms with Crippen molar-refractivity contribution in [2.24, 2.45) is 11.8 Å². The smallest absolute Gasteiger partial charge is 0.328 e. The van der Waals surface area contributed by atoms with Crippen molar-refractivity contribution in [2.75, 3.05) is 13.7 Å². The molecule has 2 aromatic carbocycles. The van der Waals surface area contributed by atoms with E-state index in [1.165, 1.54) is 12.0 Å². The van der Waals surface area contributed by atoms with E-state index in [1.54, 1.807) is 0 Å². The van der Waals surface area contributed by atoms with Gasteiger partial charge in [0.1, 0.15) is 18.7 Å². The summed E-state index contributed by atoms with van der Waals surface area (Å²) < 4.78 is 10.3. The molecule has 0 bridgehead atoms. The summed E-state index contributed by atoms with van der Waals surface area (Å²) in [6.45, 7) is 4.49. The molecule has 0 saturated carbocycles. The van der Waals surface area contributed by atoms with E-state index in [0.29, 0.717) is 32.2 Å². The van der Waals surface area contributed by atoms with Crippen molar-refractivity contribution >= 4 is 23.8 Å². The Bertz CT molecular complexity index is 1070. The summed E-state index contributed by atoms with van der Waals surface area (Å²) in [7, 11) is 1.31. The summed E-state index contributed by atoms with van der Waals surface area (Å²) in [5.74, 6) is -2.23. The Kier molecular flexibility index (Phi) is 10.9. The average Bonchev–Trinajstić information content (AvgIpc) is 3.41. The number of methoxy groups -OCH3 is 1. The summed E-state index contributed by atoms with van der Waals surface area (Å²) >= 11 is 0. The predicted molar refractivity (Wildman–Crippen MR) is 143 cm³/mol. The van der Waals surface area contributed by atoms with Crippen LogP contribution in [0.4, 0.5) is 0 Å². The van der Waals surface area contributed by atoms with Crippen LogP contribution in [0.3, 0.4) is 0 Å². The van der Waals surface area contributed by atoms with Gasteiger partial charge in [0, 0.05) is 6.54 Å². The molecule has 0 aliphatic carbocycles. The average molecular weight is 523 g/mol. The molecule has 0 radical (unpaired) electrons. The van der Waals surface area contributed by atoms with Crippen LogP contribution in [0.1, 0.15) is 50.7 Å². The van der Waals surface area contributed by atoms with Crippen molar-refractivity contribution in [3.05, 3.63) is 71.8 Å². The summed E-state index contributed by atoms with van der Waals surface area (Å²) in [5.41, 5.74) is 1.76. The van der Waals surface area contributed by atoms with E-state index in [1.807, 2.05) is 74.5 Å². The number of rotatable bonds is 12. The zero-order valence-corrected chi connectivity index (χ0v) is 22.4. The van der Waals surface area contributed by atoms with Gasteiger partial charge in [-0.15, -0.1) is 0 Å². The lowest BCUT2D eigenvalue weighted by molar-refractivity contribution is -0.152. The van der Waals surface area contributed by atoms with Gasteiger partial charge in [-0.25, -0.2) is 4.79 Å². The van der Waals surface area contributed by atoms with Crippen LogP contribution in [-0.2, 0) is 41.7 Å². The molecule has 1 heterocycles. The molecule has 1 fully saturated rings. The molecule has 2 amide bonds. The van der Waals surface area contributed by atoms with Crippen LogP contribution >= 0.6 is 0 Å². The Labute approximate surface area is 224 Å². The van der Waals surface area contributed by atoms with E-state index in [4.69, 9.17) is 9.47 Å². The van der Waals surface area contributed by atoms with Crippen LogP contribution < -0.4 is 5.32 Å². The van der Waals surface area contributed by atoms with Gasteiger partial charge in [0.15, 0.2) is 0 Å². The lowest BCUT2D eigenvalue weighted by atomic mass is 9.94. The number of hydrogen-bond acceptors (Lipinski definition) is 6. The highest BCUT2D eigenvalue weighted by molar-refractivity contribution is 5.92. The van der Waals surface area contributed by atoms with Crippen LogP contribution in [0.2, 0.25) is 0 Å². The molecular weight excluding hydrogens is 484 g/mol. The summed E-state index contributed by atoms with van der Waals surface area (Å²) in [5, 5.41) is 2.91. The van der Waals surface area contributed by atoms with E-state index in [0.717, 1.165) is 11.1 Å². The maximum Gasteiger partial charge on any atom is 0.328 e. The zero-order valence-electron chi connectivity index (χ0n) is 22.4. The SMILES string of the molecule is COC(=O)[C@@H]1CCCN1C(=O)[C@H](CC(C)C)NC(=O)[C@@H](CC(=O)OCc1ccccc1)Cc1ccccc1. The Morgan fingerprint density at radius 3 is 2.21 bits per heavy atom. The highest BCUT2D eigenvalue weighted by Crippen LogP contribution is 2.22. The first-order chi connectivity index (χ1) is 18.3. The Morgan fingerprint density at radius 2 is 1.61 bits per heavy atom. The predicted octanol–water partition coefficient (Wildman–Crippen LogP) is 3.67. The highest BCUT2D eigenvalue weighted by atomic mass is 16.5. The third kappa shape index (κ3) is 8.43. The number of esters is 2. The fraction of sp³-hybridized carbons (Fsp3) is 0.467. The third-order valence-electron chi connectivity index (χ3n) is 6.68. The second kappa shape index (κ2) is 14.3. The molecule has 0 aromatic heterocycles. The van der Waals surface area contributed by atoms with Gasteiger partial charge < -0.3 is 19.7 Å². The number of amides is 2. The molecule has 3 rings (SSSR count). The van der Waals surface area contributed by atoms with Crippen LogP contribution in [0.15, 0.2) is 60.7 Å². The highest BCUT2D eigenvalue weighted by Gasteiger charge is 2.39. The van der Waals surface area contributed by atoms with Crippen LogP contribution in [0, 0.1) is 11.8 Å². The quantitative estimate of drug-likeness (QED) is 0.427. The number of benzene rings is 2. The van der Waals surface area contributed by atoms with Crippen molar-refractivity contribution < 1.29 is 28.7 Å². The van der Waals surface area contributed by atoms with Crippen LogP contribution in [0.25, 0.3) is 0 Å². The molecule has 0 unspecified atom stereocenters. The third-order valence-corrected chi connectivity index (χ3v) is 6.68. The van der Waals surface area contributed by atoms with Crippen molar-refractivity contribution in [3.63, 3.8) is 0 Å². The van der Waals surface area contributed by atoms with Gasteiger partial charge in [-0.3, -0.25) is 14.4 Å². The Balaban J connectivity index is 1.74. The molecule has 2 aromatic rings. The molecule has 1 N–H and O–H groups in total. The lowest BCUT2D eigenvalue weighted by Gasteiger charge is -2.30. The summed E-state index contributed by atoms with van der Waals surface area (Å²) in [6, 6.07) is 17.3. The maximum absolute atomic E-state index is 13.6. The van der Waals surface area contributed by atoms with E-state index in [9.17, 15) is 19.2 Å². The van der Waals surface area contributed by atoms with Gasteiger partial charge in [0.05, 0.1) is 19.4 Å². The van der Waals surface area contributed by atoms with Gasteiger partial charge in [0.25, 0.3) is 0 Å². The van der Waals surface area contributed by atoms with E-state index in [-0.39, 0.29) is 24.9 Å². The van der Waals surface area contributed by atoms with Gasteiger partial charge in [-0.1, -0.05) is 74.5 Å². The first-order valence-electron chi connectivity index (χ1n) is 13.2. The van der Waals surface area contributed by atoms with Crippen molar-refractivity contribution in [3.8, 4) is 0 Å². The molecule has 8 nitrogen and oxygen atoms in total. The van der Waals surface area contributed by atoms with Crippen molar-refractivity contribution in [1.82, 2.24) is 10.2 Å². The van der Waals surface area contributed by atoms with Crippen molar-refractivity contribution in [1.29, 1.82) is 0 Å². The minimum atomic E-state index is -0.814. The molecule has 0 spiro atoms. The largest absolute Gasteiger partial charge is 0.467 e. The number of carbonyl (C=O) groups excluding carboxylic acids is 4. The number of carbonyl (C=O) groups is 4. The first-order valence-corrected chi connectivity index (χ1v) is 13.2. The standard InChI is InChI=1S/C30H38N2O6/c1-21(2)17-25(29(35)32-16-10-15-26(32)30(36)37-3)31-28(34)24(18-22-11-6-4-7-12-22)19-27(33)38-20-23-13-8-5-9-14-23/h4-9,11-14,21,24-26H,10,15-20H2,1-3H3,(H,31,34)/t24-,25+,26+/m1/s1.